The lowest BCUT2D eigenvalue weighted by Crippen LogP contribution is -2.47. The van der Waals surface area contributed by atoms with Crippen LogP contribution in [0.25, 0.3) is 0 Å². The lowest BCUT2D eigenvalue weighted by Gasteiger charge is -2.32. The van der Waals surface area contributed by atoms with Crippen LogP contribution in [0.1, 0.15) is 65.7 Å². The van der Waals surface area contributed by atoms with Gasteiger partial charge in [-0.05, 0) is 71.0 Å². The molecule has 1 atom stereocenters. The number of esters is 1. The molecule has 1 heterocycles. The van der Waals surface area contributed by atoms with E-state index in [1.807, 2.05) is 27.7 Å². The quantitative estimate of drug-likeness (QED) is 0.524. The number of benzene rings is 2. The van der Waals surface area contributed by atoms with Gasteiger partial charge in [0.05, 0.1) is 22.4 Å². The van der Waals surface area contributed by atoms with Crippen LogP contribution in [0.15, 0.2) is 48.5 Å². The number of carbonyl (C=O) groups excluding carboxylic acids is 4. The molecule has 0 fully saturated rings. The minimum Gasteiger partial charge on any atom is -0.449 e. The second-order valence-electron chi connectivity index (χ2n) is 8.02. The highest BCUT2D eigenvalue weighted by Gasteiger charge is 2.36. The van der Waals surface area contributed by atoms with Gasteiger partial charge in [0.1, 0.15) is 0 Å². The van der Waals surface area contributed by atoms with E-state index in [-0.39, 0.29) is 23.6 Å². The number of rotatable bonds is 6. The van der Waals surface area contributed by atoms with E-state index in [1.54, 1.807) is 36.1 Å². The maximum Gasteiger partial charge on any atom is 0.338 e. The van der Waals surface area contributed by atoms with Crippen molar-refractivity contribution in [2.24, 2.45) is 0 Å². The summed E-state index contributed by atoms with van der Waals surface area (Å²) in [5.74, 6) is -1.72. The summed E-state index contributed by atoms with van der Waals surface area (Å²) in [7, 11) is 0. The highest BCUT2D eigenvalue weighted by molar-refractivity contribution is 6.34. The Labute approximate surface area is 181 Å². The van der Waals surface area contributed by atoms with Crippen LogP contribution in [-0.4, -0.2) is 46.8 Å². The zero-order chi connectivity index (χ0) is 22.9. The van der Waals surface area contributed by atoms with Gasteiger partial charge in [0.2, 0.25) is 0 Å². The van der Waals surface area contributed by atoms with Crippen LogP contribution in [0, 0.1) is 0 Å². The number of ether oxygens (including phenoxy) is 1. The van der Waals surface area contributed by atoms with Crippen molar-refractivity contribution in [3.05, 3.63) is 65.2 Å². The summed E-state index contributed by atoms with van der Waals surface area (Å²) in [4.78, 5) is 53.1. The molecule has 7 heteroatoms. The summed E-state index contributed by atoms with van der Waals surface area (Å²) < 4.78 is 5.36. The lowest BCUT2D eigenvalue weighted by atomic mass is 10.1. The molecule has 3 amide bonds. The van der Waals surface area contributed by atoms with Gasteiger partial charge in [0.25, 0.3) is 17.7 Å². The van der Waals surface area contributed by atoms with Crippen molar-refractivity contribution in [3.8, 4) is 0 Å². The molecule has 0 aromatic heterocycles. The van der Waals surface area contributed by atoms with Crippen LogP contribution in [0.5, 0.6) is 0 Å². The SMILES string of the molecule is CC(C)N(C(=O)[C@H](C)OC(=O)c1ccc(N2C(=O)c3ccccc3C2=O)cc1)C(C)C. The summed E-state index contributed by atoms with van der Waals surface area (Å²) in [6.07, 6.45) is -0.937. The van der Waals surface area contributed by atoms with Gasteiger partial charge < -0.3 is 9.64 Å². The number of nitrogens with zero attached hydrogens (tertiary/aromatic N) is 2. The number of hydrogen-bond acceptors (Lipinski definition) is 5. The Bertz CT molecular complexity index is 984. The first-order valence-corrected chi connectivity index (χ1v) is 10.2. The number of carbonyl (C=O) groups is 4. The van der Waals surface area contributed by atoms with Crippen LogP contribution in [-0.2, 0) is 9.53 Å². The molecular formula is C24H26N2O5. The third-order valence-corrected chi connectivity index (χ3v) is 5.15. The fourth-order valence-corrected chi connectivity index (χ4v) is 3.76. The van der Waals surface area contributed by atoms with E-state index in [1.165, 1.54) is 24.3 Å². The molecular weight excluding hydrogens is 396 g/mol. The fraction of sp³-hybridized carbons (Fsp3) is 0.333. The van der Waals surface area contributed by atoms with Gasteiger partial charge in [-0.1, -0.05) is 12.1 Å². The molecule has 0 saturated carbocycles. The van der Waals surface area contributed by atoms with Gasteiger partial charge in [-0.3, -0.25) is 14.4 Å². The van der Waals surface area contributed by atoms with Crippen molar-refractivity contribution in [2.75, 3.05) is 4.90 Å². The first kappa shape index (κ1) is 22.2. The number of fused-ring (bicyclic) bond motifs is 1. The highest BCUT2D eigenvalue weighted by atomic mass is 16.5. The standard InChI is InChI=1S/C24H26N2O5/c1-14(2)25(15(3)4)21(27)16(5)31-24(30)17-10-12-18(13-11-17)26-22(28)19-8-6-7-9-20(19)23(26)29/h6-16H,1-5H3/t16-/m0/s1. The zero-order valence-corrected chi connectivity index (χ0v) is 18.3. The largest absolute Gasteiger partial charge is 0.449 e. The van der Waals surface area contributed by atoms with E-state index in [0.717, 1.165) is 4.90 Å². The normalized spacial score (nSPS) is 14.1. The first-order valence-electron chi connectivity index (χ1n) is 10.2. The third-order valence-electron chi connectivity index (χ3n) is 5.15. The smallest absolute Gasteiger partial charge is 0.338 e. The van der Waals surface area contributed by atoms with Crippen LogP contribution < -0.4 is 4.90 Å². The molecule has 0 saturated heterocycles. The molecule has 2 aromatic carbocycles. The average Bonchev–Trinajstić information content (AvgIpc) is 2.98. The Balaban J connectivity index is 1.72. The third kappa shape index (κ3) is 4.21. The molecule has 162 valence electrons. The minimum absolute atomic E-state index is 0.0207. The van der Waals surface area contributed by atoms with Crippen LogP contribution in [0.4, 0.5) is 5.69 Å². The molecule has 0 spiro atoms. The van der Waals surface area contributed by atoms with E-state index >= 15 is 0 Å². The summed E-state index contributed by atoms with van der Waals surface area (Å²) in [5, 5.41) is 0. The minimum atomic E-state index is -0.937. The fourth-order valence-electron chi connectivity index (χ4n) is 3.76. The van der Waals surface area contributed by atoms with E-state index in [0.29, 0.717) is 16.8 Å². The van der Waals surface area contributed by atoms with E-state index in [2.05, 4.69) is 0 Å². The monoisotopic (exact) mass is 422 g/mol. The van der Waals surface area contributed by atoms with E-state index < -0.39 is 23.9 Å². The van der Waals surface area contributed by atoms with Crippen molar-refractivity contribution in [3.63, 3.8) is 0 Å². The van der Waals surface area contributed by atoms with Gasteiger partial charge in [0.15, 0.2) is 6.10 Å². The van der Waals surface area contributed by atoms with Gasteiger partial charge in [-0.2, -0.15) is 0 Å². The van der Waals surface area contributed by atoms with Gasteiger partial charge in [0, 0.05) is 12.1 Å². The Morgan fingerprint density at radius 3 is 1.74 bits per heavy atom. The molecule has 31 heavy (non-hydrogen) atoms. The summed E-state index contributed by atoms with van der Waals surface area (Å²) in [6, 6.07) is 12.6. The number of imide groups is 1. The van der Waals surface area contributed by atoms with Crippen LogP contribution in [0.2, 0.25) is 0 Å². The molecule has 0 bridgehead atoms. The van der Waals surface area contributed by atoms with Crippen LogP contribution >= 0.6 is 0 Å². The molecule has 1 aliphatic heterocycles. The summed E-state index contributed by atoms with van der Waals surface area (Å²) in [5.41, 5.74) is 1.28. The first-order chi connectivity index (χ1) is 14.6. The highest BCUT2D eigenvalue weighted by Crippen LogP contribution is 2.28. The number of hydrogen-bond donors (Lipinski definition) is 0. The summed E-state index contributed by atoms with van der Waals surface area (Å²) in [6.45, 7) is 9.18. The van der Waals surface area contributed by atoms with E-state index in [4.69, 9.17) is 4.74 Å². The van der Waals surface area contributed by atoms with Crippen molar-refractivity contribution >= 4 is 29.4 Å². The predicted octanol–water partition coefficient (Wildman–Crippen LogP) is 3.68. The second kappa shape index (κ2) is 8.71. The van der Waals surface area contributed by atoms with Crippen molar-refractivity contribution in [2.45, 2.75) is 52.8 Å². The molecule has 0 aliphatic carbocycles. The topological polar surface area (TPSA) is 84.0 Å². The molecule has 2 aromatic rings. The van der Waals surface area contributed by atoms with Gasteiger partial charge in [-0.25, -0.2) is 9.69 Å². The maximum atomic E-state index is 12.7. The zero-order valence-electron chi connectivity index (χ0n) is 18.3. The number of amides is 3. The molecule has 7 nitrogen and oxygen atoms in total. The molecule has 0 unspecified atom stereocenters. The predicted molar refractivity (Wildman–Crippen MR) is 116 cm³/mol. The summed E-state index contributed by atoms with van der Waals surface area (Å²) >= 11 is 0. The second-order valence-corrected chi connectivity index (χ2v) is 8.02. The molecule has 0 N–H and O–H groups in total. The molecule has 3 rings (SSSR count). The Morgan fingerprint density at radius 1 is 0.806 bits per heavy atom. The van der Waals surface area contributed by atoms with Crippen molar-refractivity contribution < 1.29 is 23.9 Å². The Hall–Kier alpha value is -3.48. The van der Waals surface area contributed by atoms with Crippen molar-refractivity contribution in [1.82, 2.24) is 4.90 Å². The van der Waals surface area contributed by atoms with Crippen molar-refractivity contribution in [1.29, 1.82) is 0 Å². The van der Waals surface area contributed by atoms with Gasteiger partial charge >= 0.3 is 5.97 Å². The van der Waals surface area contributed by atoms with E-state index in [9.17, 15) is 19.2 Å². The van der Waals surface area contributed by atoms with Crippen LogP contribution in [0.3, 0.4) is 0 Å². The lowest BCUT2D eigenvalue weighted by molar-refractivity contribution is -0.143. The molecule has 1 aliphatic rings. The van der Waals surface area contributed by atoms with Gasteiger partial charge in [-0.15, -0.1) is 0 Å². The Kier molecular flexibility index (Phi) is 6.24. The Morgan fingerprint density at radius 2 is 1.29 bits per heavy atom. The number of anilines is 1. The maximum absolute atomic E-state index is 12.7. The average molecular weight is 422 g/mol. The molecule has 0 radical (unpaired) electrons.